The number of carbonyl (C=O) groups is 1. The SMILES string of the molecule is Cc1cc(CNC(=O)c2cc(S(=O)(=O)N3CCCC[C@@H]3C)ccc2C)ccc1F. The molecule has 29 heavy (non-hydrogen) atoms. The summed E-state index contributed by atoms with van der Waals surface area (Å²) in [5, 5.41) is 2.80. The minimum absolute atomic E-state index is 0.0472. The van der Waals surface area contributed by atoms with Crippen molar-refractivity contribution in [1.29, 1.82) is 0 Å². The maximum atomic E-state index is 13.4. The molecule has 3 rings (SSSR count). The Hall–Kier alpha value is -2.25. The Morgan fingerprint density at radius 2 is 1.90 bits per heavy atom. The summed E-state index contributed by atoms with van der Waals surface area (Å²) < 4.78 is 41.1. The van der Waals surface area contributed by atoms with Crippen LogP contribution >= 0.6 is 0 Å². The Labute approximate surface area is 172 Å². The van der Waals surface area contributed by atoms with Gasteiger partial charge in [0.05, 0.1) is 4.90 Å². The summed E-state index contributed by atoms with van der Waals surface area (Å²) in [7, 11) is -3.65. The lowest BCUT2D eigenvalue weighted by atomic mass is 10.1. The third-order valence-corrected chi connectivity index (χ3v) is 7.49. The lowest BCUT2D eigenvalue weighted by molar-refractivity contribution is 0.0950. The molecule has 2 aromatic carbocycles. The Morgan fingerprint density at radius 3 is 2.59 bits per heavy atom. The first kappa shape index (κ1) is 21.5. The van der Waals surface area contributed by atoms with E-state index in [1.54, 1.807) is 38.1 Å². The van der Waals surface area contributed by atoms with E-state index >= 15 is 0 Å². The van der Waals surface area contributed by atoms with Crippen LogP contribution in [0.2, 0.25) is 0 Å². The summed E-state index contributed by atoms with van der Waals surface area (Å²) in [5.74, 6) is -0.644. The van der Waals surface area contributed by atoms with E-state index in [1.165, 1.54) is 16.4 Å². The van der Waals surface area contributed by atoms with Gasteiger partial charge in [-0.3, -0.25) is 4.79 Å². The minimum atomic E-state index is -3.65. The molecule has 0 unspecified atom stereocenters. The number of hydrogen-bond acceptors (Lipinski definition) is 3. The fourth-order valence-electron chi connectivity index (χ4n) is 3.66. The van der Waals surface area contributed by atoms with Gasteiger partial charge in [0, 0.05) is 24.7 Å². The van der Waals surface area contributed by atoms with Gasteiger partial charge < -0.3 is 5.32 Å². The number of aryl methyl sites for hydroxylation is 2. The van der Waals surface area contributed by atoms with Gasteiger partial charge in [0.25, 0.3) is 5.91 Å². The number of halogens is 1. The van der Waals surface area contributed by atoms with Crippen LogP contribution in [0.4, 0.5) is 4.39 Å². The van der Waals surface area contributed by atoms with Gasteiger partial charge in [-0.25, -0.2) is 12.8 Å². The number of hydrogen-bond donors (Lipinski definition) is 1. The zero-order valence-corrected chi connectivity index (χ0v) is 17.9. The molecule has 1 heterocycles. The molecule has 0 saturated carbocycles. The standard InChI is InChI=1S/C22H27FN2O3S/c1-15-7-9-19(29(27,28)25-11-5-4-6-17(25)3)13-20(15)22(26)24-14-18-8-10-21(23)16(2)12-18/h7-10,12-13,17H,4-6,11,14H2,1-3H3,(H,24,26)/t17-/m0/s1. The average Bonchev–Trinajstić information content (AvgIpc) is 2.69. The van der Waals surface area contributed by atoms with E-state index in [2.05, 4.69) is 5.32 Å². The van der Waals surface area contributed by atoms with Crippen LogP contribution < -0.4 is 5.32 Å². The number of rotatable bonds is 5. The second-order valence-corrected chi connectivity index (χ2v) is 9.59. The monoisotopic (exact) mass is 418 g/mol. The van der Waals surface area contributed by atoms with E-state index in [1.807, 2.05) is 6.92 Å². The molecule has 0 spiro atoms. The number of nitrogens with one attached hydrogen (secondary N) is 1. The van der Waals surface area contributed by atoms with Gasteiger partial charge in [0.1, 0.15) is 5.82 Å². The highest BCUT2D eigenvalue weighted by Gasteiger charge is 2.31. The number of nitrogens with zero attached hydrogens (tertiary/aromatic N) is 1. The van der Waals surface area contributed by atoms with E-state index in [4.69, 9.17) is 0 Å². The van der Waals surface area contributed by atoms with Crippen molar-refractivity contribution in [3.05, 3.63) is 64.5 Å². The van der Waals surface area contributed by atoms with Crippen molar-refractivity contribution in [1.82, 2.24) is 9.62 Å². The van der Waals surface area contributed by atoms with Crippen LogP contribution in [-0.4, -0.2) is 31.2 Å². The minimum Gasteiger partial charge on any atom is -0.348 e. The molecule has 0 aromatic heterocycles. The molecule has 1 N–H and O–H groups in total. The van der Waals surface area contributed by atoms with Gasteiger partial charge in [-0.1, -0.05) is 24.6 Å². The number of benzene rings is 2. The van der Waals surface area contributed by atoms with Gasteiger partial charge >= 0.3 is 0 Å². The lowest BCUT2D eigenvalue weighted by Gasteiger charge is -2.32. The third-order valence-electron chi connectivity index (χ3n) is 5.48. The van der Waals surface area contributed by atoms with Crippen LogP contribution in [0.25, 0.3) is 0 Å². The molecular formula is C22H27FN2O3S. The second kappa shape index (κ2) is 8.63. The first-order chi connectivity index (χ1) is 13.7. The lowest BCUT2D eigenvalue weighted by Crippen LogP contribution is -2.42. The molecule has 1 fully saturated rings. The maximum absolute atomic E-state index is 13.4. The normalized spacial score (nSPS) is 17.9. The van der Waals surface area contributed by atoms with E-state index in [9.17, 15) is 17.6 Å². The zero-order chi connectivity index (χ0) is 21.2. The van der Waals surface area contributed by atoms with Gasteiger partial charge in [-0.15, -0.1) is 0 Å². The smallest absolute Gasteiger partial charge is 0.251 e. The van der Waals surface area contributed by atoms with Crippen LogP contribution in [-0.2, 0) is 16.6 Å². The highest BCUT2D eigenvalue weighted by Crippen LogP contribution is 2.26. The van der Waals surface area contributed by atoms with Gasteiger partial charge in [-0.05, 0) is 68.5 Å². The van der Waals surface area contributed by atoms with Crippen molar-refractivity contribution in [2.75, 3.05) is 6.54 Å². The van der Waals surface area contributed by atoms with Crippen LogP contribution in [0.1, 0.15) is 53.2 Å². The first-order valence-electron chi connectivity index (χ1n) is 9.86. The number of carbonyl (C=O) groups excluding carboxylic acids is 1. The summed E-state index contributed by atoms with van der Waals surface area (Å²) >= 11 is 0. The zero-order valence-electron chi connectivity index (χ0n) is 17.0. The van der Waals surface area contributed by atoms with Gasteiger partial charge in [0.15, 0.2) is 0 Å². The van der Waals surface area contributed by atoms with Crippen molar-refractivity contribution in [3.63, 3.8) is 0 Å². The van der Waals surface area contributed by atoms with Crippen molar-refractivity contribution in [2.24, 2.45) is 0 Å². The fourth-order valence-corrected chi connectivity index (χ4v) is 5.39. The molecule has 2 aromatic rings. The van der Waals surface area contributed by atoms with Crippen LogP contribution in [0.3, 0.4) is 0 Å². The second-order valence-electron chi connectivity index (χ2n) is 7.70. The molecular weight excluding hydrogens is 391 g/mol. The van der Waals surface area contributed by atoms with E-state index in [0.717, 1.165) is 24.8 Å². The largest absolute Gasteiger partial charge is 0.348 e. The Morgan fingerprint density at radius 1 is 1.14 bits per heavy atom. The molecule has 1 amide bonds. The molecule has 5 nitrogen and oxygen atoms in total. The first-order valence-corrected chi connectivity index (χ1v) is 11.3. The van der Waals surface area contributed by atoms with Crippen molar-refractivity contribution < 1.29 is 17.6 Å². The predicted octanol–water partition coefficient (Wildman–Crippen LogP) is 3.94. The summed E-state index contributed by atoms with van der Waals surface area (Å²) in [6, 6.07) is 9.31. The molecule has 1 saturated heterocycles. The summed E-state index contributed by atoms with van der Waals surface area (Å²) in [5.41, 5.74) is 2.32. The summed E-state index contributed by atoms with van der Waals surface area (Å²) in [6.45, 7) is 6.10. The average molecular weight is 419 g/mol. The topological polar surface area (TPSA) is 66.5 Å². The van der Waals surface area contributed by atoms with Crippen molar-refractivity contribution in [3.8, 4) is 0 Å². The van der Waals surface area contributed by atoms with Crippen molar-refractivity contribution in [2.45, 2.75) is 57.5 Å². The van der Waals surface area contributed by atoms with Gasteiger partial charge in [-0.2, -0.15) is 4.31 Å². The van der Waals surface area contributed by atoms with Gasteiger partial charge in [0.2, 0.25) is 10.0 Å². The van der Waals surface area contributed by atoms with Crippen LogP contribution in [0.15, 0.2) is 41.3 Å². The summed E-state index contributed by atoms with van der Waals surface area (Å²) in [4.78, 5) is 12.9. The summed E-state index contributed by atoms with van der Waals surface area (Å²) in [6.07, 6.45) is 2.72. The molecule has 0 aliphatic carbocycles. The maximum Gasteiger partial charge on any atom is 0.251 e. The molecule has 1 atom stereocenters. The molecule has 1 aliphatic rings. The molecule has 156 valence electrons. The molecule has 0 radical (unpaired) electrons. The molecule has 7 heteroatoms. The number of piperidine rings is 1. The molecule has 0 bridgehead atoms. The van der Waals surface area contributed by atoms with Crippen LogP contribution in [0.5, 0.6) is 0 Å². The van der Waals surface area contributed by atoms with E-state index in [-0.39, 0.29) is 29.2 Å². The predicted molar refractivity (Wildman–Crippen MR) is 111 cm³/mol. The van der Waals surface area contributed by atoms with Crippen LogP contribution in [0, 0.1) is 19.7 Å². The third kappa shape index (κ3) is 4.67. The Balaban J connectivity index is 1.80. The van der Waals surface area contributed by atoms with E-state index < -0.39 is 10.0 Å². The quantitative estimate of drug-likeness (QED) is 0.800. The highest BCUT2D eigenvalue weighted by molar-refractivity contribution is 7.89. The highest BCUT2D eigenvalue weighted by atomic mass is 32.2. The van der Waals surface area contributed by atoms with E-state index in [0.29, 0.717) is 23.2 Å². The Kier molecular flexibility index (Phi) is 6.39. The number of sulfonamides is 1. The fraction of sp³-hybridized carbons (Fsp3) is 0.409. The number of amides is 1. The van der Waals surface area contributed by atoms with Crippen molar-refractivity contribution >= 4 is 15.9 Å². The molecule has 1 aliphatic heterocycles. The Bertz CT molecular complexity index is 1020.